The van der Waals surface area contributed by atoms with Crippen LogP contribution in [0.5, 0.6) is 0 Å². The van der Waals surface area contributed by atoms with Gasteiger partial charge in [-0.15, -0.1) is 0 Å². The molecular formula is C15H18N2O2. The maximum atomic E-state index is 12.6. The second-order valence-electron chi connectivity index (χ2n) is 5.68. The van der Waals surface area contributed by atoms with Gasteiger partial charge in [-0.3, -0.25) is 4.79 Å². The van der Waals surface area contributed by atoms with Crippen molar-refractivity contribution in [2.75, 3.05) is 6.54 Å². The summed E-state index contributed by atoms with van der Waals surface area (Å²) in [6.07, 6.45) is 2.55. The van der Waals surface area contributed by atoms with Crippen molar-refractivity contribution in [3.05, 3.63) is 35.9 Å². The van der Waals surface area contributed by atoms with Crippen LogP contribution in [0.25, 0.3) is 0 Å². The Kier molecular flexibility index (Phi) is 2.60. The molecule has 4 nitrogen and oxygen atoms in total. The van der Waals surface area contributed by atoms with Crippen LogP contribution in [0.4, 0.5) is 0 Å². The fourth-order valence-corrected chi connectivity index (χ4v) is 3.47. The van der Waals surface area contributed by atoms with Gasteiger partial charge in [-0.05, 0) is 24.9 Å². The number of piperidine rings is 2. The lowest BCUT2D eigenvalue weighted by atomic mass is 9.84. The highest BCUT2D eigenvalue weighted by Crippen LogP contribution is 2.43. The third-order valence-corrected chi connectivity index (χ3v) is 4.48. The molecule has 19 heavy (non-hydrogen) atoms. The lowest BCUT2D eigenvalue weighted by Crippen LogP contribution is -2.58. The van der Waals surface area contributed by atoms with E-state index in [0.717, 1.165) is 19.4 Å². The molecule has 0 aromatic heterocycles. The van der Waals surface area contributed by atoms with Crippen LogP contribution in [0.2, 0.25) is 0 Å². The number of hydrogen-bond acceptors (Lipinski definition) is 3. The van der Waals surface area contributed by atoms with Gasteiger partial charge in [-0.1, -0.05) is 30.3 Å². The number of nitrogens with one attached hydrogen (secondary N) is 1. The van der Waals surface area contributed by atoms with Gasteiger partial charge < -0.3 is 15.0 Å². The normalized spacial score (nSPS) is 36.6. The summed E-state index contributed by atoms with van der Waals surface area (Å²) in [5.41, 5.74) is 1.17. The van der Waals surface area contributed by atoms with Crippen molar-refractivity contribution in [2.24, 2.45) is 5.92 Å². The van der Waals surface area contributed by atoms with E-state index in [4.69, 9.17) is 4.74 Å². The molecule has 4 rings (SSSR count). The summed E-state index contributed by atoms with van der Waals surface area (Å²) in [6.45, 7) is 1.61. The van der Waals surface area contributed by atoms with Crippen LogP contribution in [0, 0.1) is 5.92 Å². The predicted molar refractivity (Wildman–Crippen MR) is 70.2 cm³/mol. The third kappa shape index (κ3) is 1.86. The first-order valence-electron chi connectivity index (χ1n) is 7.08. The highest BCUT2D eigenvalue weighted by atomic mass is 16.6. The van der Waals surface area contributed by atoms with Crippen LogP contribution in [-0.4, -0.2) is 35.7 Å². The molecule has 2 unspecified atom stereocenters. The molecule has 3 aliphatic heterocycles. The predicted octanol–water partition coefficient (Wildman–Crippen LogP) is 1.12. The Morgan fingerprint density at radius 1 is 1.32 bits per heavy atom. The van der Waals surface area contributed by atoms with Gasteiger partial charge in [0.1, 0.15) is 6.10 Å². The zero-order valence-corrected chi connectivity index (χ0v) is 10.8. The number of ether oxygens (including phenoxy) is 1. The fraction of sp³-hybridized carbons (Fsp3) is 0.533. The Labute approximate surface area is 112 Å². The van der Waals surface area contributed by atoms with Crippen molar-refractivity contribution >= 4 is 5.91 Å². The van der Waals surface area contributed by atoms with Crippen molar-refractivity contribution in [1.29, 1.82) is 0 Å². The molecule has 3 saturated heterocycles. The smallest absolute Gasteiger partial charge is 0.242 e. The van der Waals surface area contributed by atoms with E-state index in [0.29, 0.717) is 12.5 Å². The monoisotopic (exact) mass is 258 g/mol. The van der Waals surface area contributed by atoms with Crippen molar-refractivity contribution in [1.82, 2.24) is 10.2 Å². The number of carbonyl (C=O) groups excluding carboxylic acids is 1. The van der Waals surface area contributed by atoms with E-state index < -0.39 is 0 Å². The quantitative estimate of drug-likeness (QED) is 0.809. The summed E-state index contributed by atoms with van der Waals surface area (Å²) >= 11 is 0. The van der Waals surface area contributed by atoms with Crippen LogP contribution >= 0.6 is 0 Å². The summed E-state index contributed by atoms with van der Waals surface area (Å²) in [7, 11) is 0. The first-order valence-corrected chi connectivity index (χ1v) is 7.08. The van der Waals surface area contributed by atoms with Crippen LogP contribution in [0.15, 0.2) is 30.3 Å². The van der Waals surface area contributed by atoms with Gasteiger partial charge in [0.2, 0.25) is 5.91 Å². The zero-order chi connectivity index (χ0) is 12.8. The molecule has 100 valence electrons. The lowest BCUT2D eigenvalue weighted by Gasteiger charge is -2.38. The summed E-state index contributed by atoms with van der Waals surface area (Å²) in [6, 6.07) is 10.1. The number of likely N-dealkylation sites (tertiary alicyclic amines) is 1. The second kappa shape index (κ2) is 4.32. The van der Waals surface area contributed by atoms with Crippen LogP contribution < -0.4 is 5.32 Å². The second-order valence-corrected chi connectivity index (χ2v) is 5.68. The van der Waals surface area contributed by atoms with E-state index in [1.807, 2.05) is 23.1 Å². The number of fused-ring (bicyclic) bond motifs is 3. The molecule has 0 radical (unpaired) electrons. The standard InChI is InChI=1S/C15H18N2O2/c18-14-12-11(7-4-8-16-12)13-15(19-13)17(14)9-10-5-2-1-3-6-10/h1-3,5-6,11-13,15-16H,4,7-9H2/t11-,12+,13?,15?/m1/s1. The van der Waals surface area contributed by atoms with Gasteiger partial charge in [-0.25, -0.2) is 0 Å². The molecule has 1 aromatic rings. The topological polar surface area (TPSA) is 44.9 Å². The van der Waals surface area contributed by atoms with Crippen molar-refractivity contribution < 1.29 is 9.53 Å². The molecule has 4 atom stereocenters. The Morgan fingerprint density at radius 3 is 3.00 bits per heavy atom. The highest BCUT2D eigenvalue weighted by Gasteiger charge is 2.59. The Hall–Kier alpha value is -1.39. The third-order valence-electron chi connectivity index (χ3n) is 4.48. The molecule has 3 heterocycles. The Morgan fingerprint density at radius 2 is 2.16 bits per heavy atom. The van der Waals surface area contributed by atoms with E-state index in [9.17, 15) is 4.79 Å². The minimum absolute atomic E-state index is 0.0221. The molecule has 4 heteroatoms. The van der Waals surface area contributed by atoms with E-state index in [1.165, 1.54) is 5.56 Å². The van der Waals surface area contributed by atoms with Gasteiger partial charge in [0.05, 0.1) is 6.04 Å². The van der Waals surface area contributed by atoms with Gasteiger partial charge in [-0.2, -0.15) is 0 Å². The van der Waals surface area contributed by atoms with Gasteiger partial charge >= 0.3 is 0 Å². The number of benzene rings is 1. The maximum Gasteiger partial charge on any atom is 0.242 e. The average molecular weight is 258 g/mol. The largest absolute Gasteiger partial charge is 0.347 e. The zero-order valence-electron chi connectivity index (χ0n) is 10.8. The molecule has 1 aromatic carbocycles. The molecule has 0 spiro atoms. The minimum atomic E-state index is -0.0267. The van der Waals surface area contributed by atoms with E-state index >= 15 is 0 Å². The molecule has 1 amide bonds. The Balaban J connectivity index is 1.55. The van der Waals surface area contributed by atoms with Gasteiger partial charge in [0.25, 0.3) is 0 Å². The molecule has 3 aliphatic rings. The number of hydrogen-bond donors (Lipinski definition) is 1. The first-order chi connectivity index (χ1) is 9.34. The summed E-state index contributed by atoms with van der Waals surface area (Å²) in [4.78, 5) is 14.5. The number of rotatable bonds is 2. The van der Waals surface area contributed by atoms with Gasteiger partial charge in [0, 0.05) is 12.5 Å². The van der Waals surface area contributed by atoms with Crippen LogP contribution in [-0.2, 0) is 16.1 Å². The Bertz CT molecular complexity index is 490. The average Bonchev–Trinajstić information content (AvgIpc) is 3.25. The molecule has 0 aliphatic carbocycles. The minimum Gasteiger partial charge on any atom is -0.347 e. The fourth-order valence-electron chi connectivity index (χ4n) is 3.47. The lowest BCUT2D eigenvalue weighted by molar-refractivity contribution is -0.140. The van der Waals surface area contributed by atoms with E-state index in [-0.39, 0.29) is 24.3 Å². The van der Waals surface area contributed by atoms with Crippen LogP contribution in [0.3, 0.4) is 0 Å². The summed E-state index contributed by atoms with van der Waals surface area (Å²) < 4.78 is 5.77. The maximum absolute atomic E-state index is 12.6. The van der Waals surface area contributed by atoms with E-state index in [1.54, 1.807) is 0 Å². The van der Waals surface area contributed by atoms with Crippen molar-refractivity contribution in [3.8, 4) is 0 Å². The molecule has 3 fully saturated rings. The SMILES string of the molecule is O=C1[C@H]2NCCC[C@H]2C2OC2N1Cc1ccccc1. The molecule has 0 bridgehead atoms. The first kappa shape index (κ1) is 11.4. The molecular weight excluding hydrogens is 240 g/mol. The van der Waals surface area contributed by atoms with E-state index in [2.05, 4.69) is 17.4 Å². The van der Waals surface area contributed by atoms with Gasteiger partial charge in [0.15, 0.2) is 6.23 Å². The summed E-state index contributed by atoms with van der Waals surface area (Å²) in [5.74, 6) is 0.602. The molecule has 0 saturated carbocycles. The summed E-state index contributed by atoms with van der Waals surface area (Å²) in [5, 5.41) is 3.37. The number of amides is 1. The highest BCUT2D eigenvalue weighted by molar-refractivity contribution is 5.84. The van der Waals surface area contributed by atoms with Crippen molar-refractivity contribution in [2.45, 2.75) is 37.8 Å². The number of nitrogens with zero attached hydrogens (tertiary/aromatic N) is 1. The number of epoxide rings is 1. The van der Waals surface area contributed by atoms with Crippen LogP contribution in [0.1, 0.15) is 18.4 Å². The molecule has 1 N–H and O–H groups in total. The number of carbonyl (C=O) groups is 1. The van der Waals surface area contributed by atoms with Crippen molar-refractivity contribution in [3.63, 3.8) is 0 Å².